The summed E-state index contributed by atoms with van der Waals surface area (Å²) < 4.78 is 0. The summed E-state index contributed by atoms with van der Waals surface area (Å²) in [5, 5.41) is 9.29. The van der Waals surface area contributed by atoms with Gasteiger partial charge >= 0.3 is 0 Å². The third-order valence-electron chi connectivity index (χ3n) is 1.34. The number of aliphatic hydroxyl groups is 1. The molecule has 0 aliphatic carbocycles. The Hall–Kier alpha value is -0.0800. The van der Waals surface area contributed by atoms with Crippen molar-refractivity contribution in [3.63, 3.8) is 0 Å². The lowest BCUT2D eigenvalue weighted by Crippen LogP contribution is -2.53. The molecule has 0 spiro atoms. The molecule has 56 valence electrons. The predicted octanol–water partition coefficient (Wildman–Crippen LogP) is 0.0254. The molecule has 0 amide bonds. The fourth-order valence-electron chi connectivity index (χ4n) is 0.955. The second kappa shape index (κ2) is 3.18. The normalized spacial score (nSPS) is 15.7. The minimum absolute atomic E-state index is 0.517. The second-order valence-electron chi connectivity index (χ2n) is 3.41. The monoisotopic (exact) mass is 132 g/mol. The van der Waals surface area contributed by atoms with Crippen LogP contribution in [0.4, 0.5) is 0 Å². The molecule has 0 rings (SSSR count). The Morgan fingerprint density at radius 3 is 2.11 bits per heavy atom. The first-order valence-corrected chi connectivity index (χ1v) is 3.47. The summed E-state index contributed by atoms with van der Waals surface area (Å²) in [5.41, 5.74) is 3.24. The van der Waals surface area contributed by atoms with Gasteiger partial charge in [0.25, 0.3) is 0 Å². The van der Waals surface area contributed by atoms with Gasteiger partial charge in [0.15, 0.2) is 0 Å². The smallest absolute Gasteiger partial charge is 0.0766 e. The van der Waals surface area contributed by atoms with E-state index in [2.05, 4.69) is 12.7 Å². The van der Waals surface area contributed by atoms with E-state index in [1.54, 1.807) is 0 Å². The lowest BCUT2D eigenvalue weighted by atomic mass is 9.95. The summed E-state index contributed by atoms with van der Waals surface area (Å²) in [4.78, 5) is 0. The van der Waals surface area contributed by atoms with Gasteiger partial charge in [0.2, 0.25) is 0 Å². The number of hydrogen-bond donors (Lipinski definition) is 2. The summed E-state index contributed by atoms with van der Waals surface area (Å²) in [6, 6.07) is 0. The summed E-state index contributed by atoms with van der Waals surface area (Å²) in [7, 11) is 0. The van der Waals surface area contributed by atoms with Gasteiger partial charge in [0.1, 0.15) is 0 Å². The number of quaternary nitrogens is 1. The van der Waals surface area contributed by atoms with Crippen LogP contribution in [-0.4, -0.2) is 17.3 Å². The fourth-order valence-corrected chi connectivity index (χ4v) is 0.955. The topological polar surface area (TPSA) is 47.9 Å². The maximum Gasteiger partial charge on any atom is 0.0766 e. The highest BCUT2D eigenvalue weighted by molar-refractivity contribution is 4.67. The Morgan fingerprint density at radius 1 is 1.56 bits per heavy atom. The van der Waals surface area contributed by atoms with Crippen LogP contribution in [0.2, 0.25) is 0 Å². The molecule has 0 aliphatic heterocycles. The maximum atomic E-state index is 9.29. The van der Waals surface area contributed by atoms with Crippen molar-refractivity contribution in [2.24, 2.45) is 5.92 Å². The SMILES string of the molecule is CC(C[NH3+])CC(C)(C)O. The van der Waals surface area contributed by atoms with Gasteiger partial charge < -0.3 is 10.8 Å². The standard InChI is InChI=1S/C7H17NO/c1-6(5-8)4-7(2,3)9/h6,9H,4-5,8H2,1-3H3/p+1. The minimum Gasteiger partial charge on any atom is -0.390 e. The maximum absolute atomic E-state index is 9.29. The molecule has 0 radical (unpaired) electrons. The third kappa shape index (κ3) is 5.80. The van der Waals surface area contributed by atoms with Crippen LogP contribution >= 0.6 is 0 Å². The van der Waals surface area contributed by atoms with Crippen LogP contribution < -0.4 is 5.73 Å². The summed E-state index contributed by atoms with van der Waals surface area (Å²) >= 11 is 0. The molecule has 0 heterocycles. The van der Waals surface area contributed by atoms with Gasteiger partial charge in [-0.15, -0.1) is 0 Å². The third-order valence-corrected chi connectivity index (χ3v) is 1.34. The van der Waals surface area contributed by atoms with E-state index in [0.29, 0.717) is 5.92 Å². The zero-order valence-corrected chi connectivity index (χ0v) is 6.65. The first-order valence-electron chi connectivity index (χ1n) is 3.47. The average Bonchev–Trinajstić information content (AvgIpc) is 1.62. The van der Waals surface area contributed by atoms with Crippen LogP contribution in [0.15, 0.2) is 0 Å². The largest absolute Gasteiger partial charge is 0.390 e. The first kappa shape index (κ1) is 8.92. The van der Waals surface area contributed by atoms with Gasteiger partial charge in [0, 0.05) is 5.92 Å². The van der Waals surface area contributed by atoms with Crippen molar-refractivity contribution in [3.05, 3.63) is 0 Å². The zero-order chi connectivity index (χ0) is 7.49. The molecule has 0 aromatic rings. The molecule has 4 N–H and O–H groups in total. The van der Waals surface area contributed by atoms with Gasteiger partial charge in [-0.25, -0.2) is 0 Å². The molecule has 0 saturated heterocycles. The summed E-state index contributed by atoms with van der Waals surface area (Å²) in [6.07, 6.45) is 0.844. The van der Waals surface area contributed by atoms with E-state index >= 15 is 0 Å². The number of hydrogen-bond acceptors (Lipinski definition) is 1. The van der Waals surface area contributed by atoms with E-state index in [-0.39, 0.29) is 0 Å². The van der Waals surface area contributed by atoms with Crippen LogP contribution in [0.1, 0.15) is 27.2 Å². The fraction of sp³-hybridized carbons (Fsp3) is 1.00. The van der Waals surface area contributed by atoms with E-state index in [9.17, 15) is 5.11 Å². The van der Waals surface area contributed by atoms with Crippen molar-refractivity contribution in [1.82, 2.24) is 0 Å². The van der Waals surface area contributed by atoms with Gasteiger partial charge in [-0.05, 0) is 20.3 Å². The second-order valence-corrected chi connectivity index (χ2v) is 3.41. The highest BCUT2D eigenvalue weighted by Crippen LogP contribution is 2.13. The van der Waals surface area contributed by atoms with Crippen LogP contribution in [0, 0.1) is 5.92 Å². The van der Waals surface area contributed by atoms with Gasteiger partial charge in [0.05, 0.1) is 12.1 Å². The predicted molar refractivity (Wildman–Crippen MR) is 37.8 cm³/mol. The molecule has 0 aliphatic rings. The van der Waals surface area contributed by atoms with Crippen LogP contribution in [0.25, 0.3) is 0 Å². The quantitative estimate of drug-likeness (QED) is 0.559. The molecular weight excluding hydrogens is 114 g/mol. The molecule has 0 fully saturated rings. The molecule has 0 saturated carbocycles. The lowest BCUT2D eigenvalue weighted by molar-refractivity contribution is -0.379. The van der Waals surface area contributed by atoms with Crippen molar-refractivity contribution in [2.45, 2.75) is 32.8 Å². The molecule has 0 aromatic heterocycles. The zero-order valence-electron chi connectivity index (χ0n) is 6.65. The van der Waals surface area contributed by atoms with Crippen molar-refractivity contribution >= 4 is 0 Å². The van der Waals surface area contributed by atoms with Crippen molar-refractivity contribution in [2.75, 3.05) is 6.54 Å². The van der Waals surface area contributed by atoms with Crippen molar-refractivity contribution < 1.29 is 10.8 Å². The average molecular weight is 132 g/mol. The Balaban J connectivity index is 3.47. The Kier molecular flexibility index (Phi) is 3.15. The van der Waals surface area contributed by atoms with Gasteiger partial charge in [-0.2, -0.15) is 0 Å². The minimum atomic E-state index is -0.517. The van der Waals surface area contributed by atoms with Crippen molar-refractivity contribution in [3.8, 4) is 0 Å². The molecule has 1 unspecified atom stereocenters. The molecule has 0 aromatic carbocycles. The van der Waals surface area contributed by atoms with Crippen molar-refractivity contribution in [1.29, 1.82) is 0 Å². The summed E-state index contributed by atoms with van der Waals surface area (Å²) in [5.74, 6) is 0.532. The Morgan fingerprint density at radius 2 is 2.00 bits per heavy atom. The molecule has 1 atom stereocenters. The van der Waals surface area contributed by atoms with Crippen LogP contribution in [-0.2, 0) is 0 Å². The van der Waals surface area contributed by atoms with E-state index < -0.39 is 5.60 Å². The van der Waals surface area contributed by atoms with E-state index in [4.69, 9.17) is 0 Å². The van der Waals surface area contributed by atoms with E-state index in [1.165, 1.54) is 0 Å². The van der Waals surface area contributed by atoms with Gasteiger partial charge in [-0.3, -0.25) is 0 Å². The van der Waals surface area contributed by atoms with Crippen LogP contribution in [0.5, 0.6) is 0 Å². The molecular formula is C7H18NO+. The summed E-state index contributed by atoms with van der Waals surface area (Å²) in [6.45, 7) is 6.67. The molecule has 2 heteroatoms. The van der Waals surface area contributed by atoms with Crippen LogP contribution in [0.3, 0.4) is 0 Å². The highest BCUT2D eigenvalue weighted by Gasteiger charge is 2.16. The molecule has 9 heavy (non-hydrogen) atoms. The van der Waals surface area contributed by atoms with E-state index in [1.807, 2.05) is 13.8 Å². The first-order chi connectivity index (χ1) is 3.95. The molecule has 0 bridgehead atoms. The van der Waals surface area contributed by atoms with E-state index in [0.717, 1.165) is 13.0 Å². The van der Waals surface area contributed by atoms with Gasteiger partial charge in [-0.1, -0.05) is 6.92 Å². The number of rotatable bonds is 3. The Bertz CT molecular complexity index is 75.5. The Labute approximate surface area is 57.1 Å². The highest BCUT2D eigenvalue weighted by atomic mass is 16.3. The lowest BCUT2D eigenvalue weighted by Gasteiger charge is -2.19. The molecule has 2 nitrogen and oxygen atoms in total.